The van der Waals surface area contributed by atoms with Gasteiger partial charge in [0.1, 0.15) is 23.2 Å². The van der Waals surface area contributed by atoms with E-state index in [1.165, 1.54) is 24.0 Å². The van der Waals surface area contributed by atoms with Crippen molar-refractivity contribution < 1.29 is 8.76 Å². The maximum absolute atomic E-state index is 10.7. The number of hydrogen-bond donors (Lipinski definition) is 4. The number of amidine groups is 1. The smallest absolute Gasteiger partial charge is 0.147 e. The molecule has 2 aliphatic carbocycles. The Labute approximate surface area is 162 Å². The van der Waals surface area contributed by atoms with Crippen LogP contribution in [0.25, 0.3) is 0 Å². The predicted octanol–water partition coefficient (Wildman–Crippen LogP) is 1.51. The third-order valence-electron chi connectivity index (χ3n) is 5.51. The summed E-state index contributed by atoms with van der Waals surface area (Å²) in [5.41, 5.74) is 16.4. The van der Waals surface area contributed by atoms with Gasteiger partial charge in [-0.1, -0.05) is 24.1 Å². The van der Waals surface area contributed by atoms with E-state index in [0.717, 1.165) is 25.1 Å². The van der Waals surface area contributed by atoms with Gasteiger partial charge in [0.25, 0.3) is 0 Å². The molecule has 6 N–H and O–H groups in total. The van der Waals surface area contributed by atoms with E-state index in [1.807, 2.05) is 0 Å². The van der Waals surface area contributed by atoms with Crippen LogP contribution in [0.2, 0.25) is 0 Å². The van der Waals surface area contributed by atoms with Crippen molar-refractivity contribution in [2.75, 3.05) is 12.3 Å². The van der Waals surface area contributed by atoms with Crippen LogP contribution in [0.1, 0.15) is 50.5 Å². The van der Waals surface area contributed by atoms with Crippen molar-refractivity contribution in [2.24, 2.45) is 11.7 Å². The van der Waals surface area contributed by atoms with Crippen molar-refractivity contribution in [2.45, 2.75) is 52.0 Å². The summed E-state index contributed by atoms with van der Waals surface area (Å²) in [5, 5.41) is 7.71. The average Bonchev–Trinajstić information content (AvgIpc) is 3.19. The van der Waals surface area contributed by atoms with Crippen molar-refractivity contribution in [3.05, 3.63) is 34.3 Å². The lowest BCUT2D eigenvalue weighted by Crippen LogP contribution is -2.24. The summed E-state index contributed by atoms with van der Waals surface area (Å²) in [6.07, 6.45) is 8.73. The lowest BCUT2D eigenvalue weighted by molar-refractivity contribution is 0.515. The molecule has 0 saturated carbocycles. The SMILES string of the molecule is CCC1CC2=C(C=C1Cc1nc(C(=N)N)c(N)n1CCNS(=O)[O-])CCC2. The molecule has 148 valence electrons. The molecule has 0 aliphatic heterocycles. The Bertz CT molecular complexity index is 826. The van der Waals surface area contributed by atoms with E-state index in [1.54, 1.807) is 10.1 Å². The highest BCUT2D eigenvalue weighted by Crippen LogP contribution is 2.40. The van der Waals surface area contributed by atoms with Crippen LogP contribution in [0.5, 0.6) is 0 Å². The molecular formula is C18H27N6O2S-. The van der Waals surface area contributed by atoms with E-state index in [9.17, 15) is 8.76 Å². The zero-order chi connectivity index (χ0) is 19.6. The first-order valence-corrected chi connectivity index (χ1v) is 10.4. The van der Waals surface area contributed by atoms with E-state index < -0.39 is 11.3 Å². The molecule has 2 atom stereocenters. The quantitative estimate of drug-likeness (QED) is 0.301. The summed E-state index contributed by atoms with van der Waals surface area (Å²) >= 11 is -2.33. The Hall–Kier alpha value is -1.97. The number of nitrogens with zero attached hydrogens (tertiary/aromatic N) is 2. The van der Waals surface area contributed by atoms with Crippen molar-refractivity contribution in [1.29, 1.82) is 5.41 Å². The fourth-order valence-electron chi connectivity index (χ4n) is 4.13. The minimum atomic E-state index is -2.33. The van der Waals surface area contributed by atoms with Crippen molar-refractivity contribution in [1.82, 2.24) is 14.3 Å². The molecule has 0 amide bonds. The minimum absolute atomic E-state index is 0.182. The molecule has 0 saturated heterocycles. The van der Waals surface area contributed by atoms with Gasteiger partial charge in [0.2, 0.25) is 0 Å². The summed E-state index contributed by atoms with van der Waals surface area (Å²) in [4.78, 5) is 4.51. The van der Waals surface area contributed by atoms with Crippen LogP contribution in [0.15, 0.2) is 22.8 Å². The van der Waals surface area contributed by atoms with Crippen LogP contribution in [-0.4, -0.2) is 30.7 Å². The first-order chi connectivity index (χ1) is 12.9. The summed E-state index contributed by atoms with van der Waals surface area (Å²) in [5.74, 6) is 1.34. The van der Waals surface area contributed by atoms with Gasteiger partial charge in [-0.3, -0.25) is 9.62 Å². The normalized spacial score (nSPS) is 20.5. The Morgan fingerprint density at radius 3 is 2.96 bits per heavy atom. The number of aromatic nitrogens is 2. The van der Waals surface area contributed by atoms with Gasteiger partial charge in [0.05, 0.1) is 0 Å². The van der Waals surface area contributed by atoms with E-state index in [2.05, 4.69) is 22.7 Å². The maximum atomic E-state index is 10.7. The molecule has 2 aliphatic rings. The number of hydrogen-bond acceptors (Lipinski definition) is 5. The van der Waals surface area contributed by atoms with Gasteiger partial charge in [0.15, 0.2) is 0 Å². The molecule has 9 heteroatoms. The molecule has 0 spiro atoms. The second-order valence-corrected chi connectivity index (χ2v) is 7.90. The third-order valence-corrected chi connectivity index (χ3v) is 5.95. The molecule has 1 heterocycles. The van der Waals surface area contributed by atoms with Crippen LogP contribution >= 0.6 is 0 Å². The molecule has 1 aromatic heterocycles. The lowest BCUT2D eigenvalue weighted by Gasteiger charge is -2.25. The zero-order valence-electron chi connectivity index (χ0n) is 15.6. The van der Waals surface area contributed by atoms with Crippen molar-refractivity contribution in [3.63, 3.8) is 0 Å². The maximum Gasteiger partial charge on any atom is 0.147 e. The van der Waals surface area contributed by atoms with Gasteiger partial charge in [-0.05, 0) is 43.6 Å². The monoisotopic (exact) mass is 391 g/mol. The van der Waals surface area contributed by atoms with E-state index in [0.29, 0.717) is 24.7 Å². The van der Waals surface area contributed by atoms with Gasteiger partial charge < -0.3 is 20.6 Å². The second-order valence-electron chi connectivity index (χ2n) is 7.14. The Morgan fingerprint density at radius 1 is 1.52 bits per heavy atom. The van der Waals surface area contributed by atoms with Gasteiger partial charge >= 0.3 is 0 Å². The fourth-order valence-corrected chi connectivity index (χ4v) is 4.39. The molecule has 0 bridgehead atoms. The van der Waals surface area contributed by atoms with Crippen molar-refractivity contribution in [3.8, 4) is 0 Å². The molecule has 0 fully saturated rings. The highest BCUT2D eigenvalue weighted by molar-refractivity contribution is 7.77. The number of nitrogens with two attached hydrogens (primary N) is 2. The zero-order valence-corrected chi connectivity index (χ0v) is 16.4. The summed E-state index contributed by atoms with van der Waals surface area (Å²) in [6, 6.07) is 0. The van der Waals surface area contributed by atoms with Crippen LogP contribution in [0.4, 0.5) is 5.82 Å². The van der Waals surface area contributed by atoms with E-state index in [4.69, 9.17) is 16.9 Å². The summed E-state index contributed by atoms with van der Waals surface area (Å²) in [6.45, 7) is 2.74. The molecule has 0 radical (unpaired) electrons. The van der Waals surface area contributed by atoms with Gasteiger partial charge in [-0.2, -0.15) is 0 Å². The Kier molecular flexibility index (Phi) is 6.13. The largest absolute Gasteiger partial charge is 0.760 e. The van der Waals surface area contributed by atoms with E-state index in [-0.39, 0.29) is 18.1 Å². The van der Waals surface area contributed by atoms with Crippen LogP contribution in [0, 0.1) is 11.3 Å². The first-order valence-electron chi connectivity index (χ1n) is 9.34. The van der Waals surface area contributed by atoms with Gasteiger partial charge in [-0.15, -0.1) is 0 Å². The van der Waals surface area contributed by atoms with E-state index >= 15 is 0 Å². The molecule has 0 aromatic carbocycles. The topological polar surface area (TPSA) is 146 Å². The summed E-state index contributed by atoms with van der Waals surface area (Å²) in [7, 11) is 0. The number of allylic oxidation sites excluding steroid dienone is 4. The van der Waals surface area contributed by atoms with Crippen LogP contribution < -0.4 is 16.2 Å². The fraction of sp³-hybridized carbons (Fsp3) is 0.556. The minimum Gasteiger partial charge on any atom is -0.760 e. The molecule has 27 heavy (non-hydrogen) atoms. The number of imidazole rings is 1. The van der Waals surface area contributed by atoms with Gasteiger partial charge in [-0.25, -0.2) is 9.71 Å². The molecule has 3 rings (SSSR count). The van der Waals surface area contributed by atoms with Crippen LogP contribution in [0.3, 0.4) is 0 Å². The predicted molar refractivity (Wildman–Crippen MR) is 106 cm³/mol. The molecule has 1 aromatic rings. The van der Waals surface area contributed by atoms with Gasteiger partial charge in [0, 0.05) is 30.8 Å². The third kappa shape index (κ3) is 4.31. The number of anilines is 1. The van der Waals surface area contributed by atoms with Crippen LogP contribution in [-0.2, 0) is 24.2 Å². The molecule has 2 unspecified atom stereocenters. The Morgan fingerprint density at radius 2 is 2.30 bits per heavy atom. The second kappa shape index (κ2) is 8.37. The summed E-state index contributed by atoms with van der Waals surface area (Å²) < 4.78 is 25.6. The Balaban J connectivity index is 1.89. The molecular weight excluding hydrogens is 364 g/mol. The highest BCUT2D eigenvalue weighted by Gasteiger charge is 2.26. The number of nitrogens with one attached hydrogen (secondary N) is 2. The number of rotatable bonds is 8. The molecule has 8 nitrogen and oxygen atoms in total. The highest BCUT2D eigenvalue weighted by atomic mass is 32.2. The number of nitrogen functional groups attached to an aromatic ring is 2. The average molecular weight is 392 g/mol. The lowest BCUT2D eigenvalue weighted by atomic mass is 9.81. The first kappa shape index (κ1) is 19.8. The standard InChI is InChI=1S/C18H28N6O2S/c1-2-11-8-12-4-3-5-13(12)9-14(11)10-15-23-16(17(19)20)18(21)24(15)7-6-22-27(25)26/h9,11,22H,2-8,10,21H2,1H3,(H3,19,20)(H,25,26)/p-1. The van der Waals surface area contributed by atoms with Crippen molar-refractivity contribution >= 4 is 22.9 Å².